The second-order valence-electron chi connectivity index (χ2n) is 17.1. The third-order valence-electron chi connectivity index (χ3n) is 12.0. The van der Waals surface area contributed by atoms with Gasteiger partial charge in [-0.15, -0.1) is 0 Å². The van der Waals surface area contributed by atoms with Gasteiger partial charge in [-0.1, -0.05) is 162 Å². The Morgan fingerprint density at radius 3 is 1.51 bits per heavy atom. The highest BCUT2D eigenvalue weighted by Crippen LogP contribution is 2.28. The Morgan fingerprint density at radius 1 is 0.607 bits per heavy atom. The lowest BCUT2D eigenvalue weighted by Crippen LogP contribution is -2.62. The molecule has 1 heterocycles. The second-order valence-corrected chi connectivity index (χ2v) is 17.1. The number of hydrogen-bond donors (Lipinski definition) is 3. The van der Waals surface area contributed by atoms with E-state index in [1.165, 1.54) is 16.7 Å². The normalized spacial score (nSPS) is 19.2. The Kier molecular flexibility index (Phi) is 24.5. The Morgan fingerprint density at radius 2 is 1.03 bits per heavy atom. The summed E-state index contributed by atoms with van der Waals surface area (Å²) in [6.45, 7) is 1.42. The maximum atomic E-state index is 13.6. The SMILES string of the molecule is C[C@H]1[C@H](OC(=O)CCCCCCCCc2ccccc2)[C@@H](NC(=O)C[C@H](CCCCCCc2ccccc2)OC(=O)CCCCCCCCc2ccccc2)C(O)O[C@@H]1CO. The van der Waals surface area contributed by atoms with Crippen molar-refractivity contribution >= 4 is 17.8 Å². The van der Waals surface area contributed by atoms with Crippen LogP contribution in [0.4, 0.5) is 0 Å². The molecule has 336 valence electrons. The first-order chi connectivity index (χ1) is 29.8. The maximum absolute atomic E-state index is 13.6. The van der Waals surface area contributed by atoms with Crippen molar-refractivity contribution in [1.29, 1.82) is 0 Å². The topological polar surface area (TPSA) is 131 Å². The fraction of sp³-hybridized carbons (Fsp3) is 0.596. The smallest absolute Gasteiger partial charge is 0.306 e. The molecule has 0 spiro atoms. The van der Waals surface area contributed by atoms with Gasteiger partial charge in [-0.3, -0.25) is 14.4 Å². The lowest BCUT2D eigenvalue weighted by atomic mass is 9.89. The summed E-state index contributed by atoms with van der Waals surface area (Å²) in [6.07, 6.45) is 16.5. The highest BCUT2D eigenvalue weighted by Gasteiger charge is 2.46. The highest BCUT2D eigenvalue weighted by atomic mass is 16.6. The molecule has 1 saturated heterocycles. The first-order valence-corrected chi connectivity index (χ1v) is 23.6. The van der Waals surface area contributed by atoms with Crippen LogP contribution < -0.4 is 5.32 Å². The summed E-state index contributed by atoms with van der Waals surface area (Å²) in [7, 11) is 0. The molecular weight excluding hydrogens is 767 g/mol. The van der Waals surface area contributed by atoms with Gasteiger partial charge in [0.1, 0.15) is 18.2 Å². The highest BCUT2D eigenvalue weighted by molar-refractivity contribution is 5.78. The third-order valence-corrected chi connectivity index (χ3v) is 12.0. The number of hydrogen-bond acceptors (Lipinski definition) is 8. The molecule has 0 bridgehead atoms. The average Bonchev–Trinajstić information content (AvgIpc) is 3.27. The molecule has 0 saturated carbocycles. The number of unbranched alkanes of at least 4 members (excludes halogenated alkanes) is 13. The quantitative estimate of drug-likeness (QED) is 0.0431. The summed E-state index contributed by atoms with van der Waals surface area (Å²) in [5.74, 6) is -1.61. The van der Waals surface area contributed by atoms with Crippen LogP contribution in [0.1, 0.15) is 152 Å². The number of ether oxygens (including phenoxy) is 3. The summed E-state index contributed by atoms with van der Waals surface area (Å²) < 4.78 is 17.6. The number of aliphatic hydroxyl groups is 2. The Balaban J connectivity index is 1.21. The predicted molar refractivity (Wildman–Crippen MR) is 242 cm³/mol. The molecule has 1 unspecified atom stereocenters. The molecule has 1 fully saturated rings. The van der Waals surface area contributed by atoms with Gasteiger partial charge < -0.3 is 29.7 Å². The van der Waals surface area contributed by atoms with Gasteiger partial charge >= 0.3 is 11.9 Å². The Labute approximate surface area is 366 Å². The molecule has 3 N–H and O–H groups in total. The third kappa shape index (κ3) is 20.6. The van der Waals surface area contributed by atoms with Crippen LogP contribution in [0.25, 0.3) is 0 Å². The van der Waals surface area contributed by atoms with Crippen molar-refractivity contribution in [2.45, 2.75) is 185 Å². The van der Waals surface area contributed by atoms with Gasteiger partial charge in [0.05, 0.1) is 19.1 Å². The summed E-state index contributed by atoms with van der Waals surface area (Å²) >= 11 is 0. The molecule has 1 aliphatic heterocycles. The summed E-state index contributed by atoms with van der Waals surface area (Å²) in [5, 5.41) is 23.9. The lowest BCUT2D eigenvalue weighted by Gasteiger charge is -2.43. The van der Waals surface area contributed by atoms with Crippen LogP contribution in [0.5, 0.6) is 0 Å². The molecule has 0 aromatic heterocycles. The number of aliphatic hydroxyl groups excluding tert-OH is 2. The van der Waals surface area contributed by atoms with E-state index < -0.39 is 48.4 Å². The fourth-order valence-electron chi connectivity index (χ4n) is 8.34. The molecule has 61 heavy (non-hydrogen) atoms. The number of carbonyl (C=O) groups is 3. The Hall–Kier alpha value is -4.05. The van der Waals surface area contributed by atoms with E-state index in [-0.39, 0.29) is 25.4 Å². The molecule has 3 aromatic rings. The number of esters is 2. The minimum Gasteiger partial charge on any atom is -0.462 e. The van der Waals surface area contributed by atoms with E-state index in [1.807, 2.05) is 18.2 Å². The molecule has 6 atom stereocenters. The molecule has 0 aliphatic carbocycles. The van der Waals surface area contributed by atoms with Gasteiger partial charge in [0.25, 0.3) is 0 Å². The van der Waals surface area contributed by atoms with Crippen molar-refractivity contribution in [3.8, 4) is 0 Å². The van der Waals surface area contributed by atoms with E-state index in [0.29, 0.717) is 19.3 Å². The molecular formula is C52H75NO8. The van der Waals surface area contributed by atoms with E-state index in [2.05, 4.69) is 78.1 Å². The lowest BCUT2D eigenvalue weighted by molar-refractivity contribution is -0.241. The fourth-order valence-corrected chi connectivity index (χ4v) is 8.34. The number of nitrogens with one attached hydrogen (secondary N) is 1. The van der Waals surface area contributed by atoms with E-state index in [0.717, 1.165) is 116 Å². The van der Waals surface area contributed by atoms with Gasteiger partial charge in [0.15, 0.2) is 6.29 Å². The van der Waals surface area contributed by atoms with E-state index in [9.17, 15) is 24.6 Å². The molecule has 1 aliphatic rings. The van der Waals surface area contributed by atoms with Gasteiger partial charge in [0.2, 0.25) is 5.91 Å². The molecule has 4 rings (SSSR count). The molecule has 0 radical (unpaired) electrons. The minimum absolute atomic E-state index is 0.0792. The number of amides is 1. The average molecular weight is 842 g/mol. The zero-order valence-electron chi connectivity index (χ0n) is 36.9. The second kappa shape index (κ2) is 30.1. The minimum atomic E-state index is -1.49. The molecule has 9 nitrogen and oxygen atoms in total. The van der Waals surface area contributed by atoms with Gasteiger partial charge in [-0.25, -0.2) is 0 Å². The molecule has 9 heteroatoms. The molecule has 1 amide bonds. The van der Waals surface area contributed by atoms with Crippen LogP contribution >= 0.6 is 0 Å². The van der Waals surface area contributed by atoms with Crippen molar-refractivity contribution < 1.29 is 38.8 Å². The maximum Gasteiger partial charge on any atom is 0.306 e. The van der Waals surface area contributed by atoms with Crippen molar-refractivity contribution in [3.63, 3.8) is 0 Å². The summed E-state index contributed by atoms with van der Waals surface area (Å²) in [5.41, 5.74) is 4.04. The van der Waals surface area contributed by atoms with Crippen molar-refractivity contribution in [1.82, 2.24) is 5.32 Å². The van der Waals surface area contributed by atoms with Gasteiger partial charge in [0, 0.05) is 18.8 Å². The number of aryl methyl sites for hydroxylation is 3. The largest absolute Gasteiger partial charge is 0.462 e. The number of benzene rings is 3. The van der Waals surface area contributed by atoms with Crippen LogP contribution in [-0.2, 0) is 47.9 Å². The predicted octanol–water partition coefficient (Wildman–Crippen LogP) is 10.2. The zero-order valence-corrected chi connectivity index (χ0v) is 36.9. The standard InChI is InChI=1S/C52H75NO8/c1-41-46(40-54)60-52(58)50(51(41)61-49(57)38-26-9-5-3-7-16-28-43-32-20-13-21-33-43)53-47(55)39-45(36-24-11-10-17-29-44-34-22-14-23-35-44)59-48(56)37-25-8-4-2-6-15-27-42-30-18-12-19-31-42/h12-14,18-23,30-35,41,45-46,50-52,54,58H,2-11,15-17,24-29,36-40H2,1H3,(H,53,55)/t41-,45+,46-,50-,51+,52?/m1/s1. The van der Waals surface area contributed by atoms with Gasteiger partial charge in [-0.2, -0.15) is 0 Å². The summed E-state index contributed by atoms with van der Waals surface area (Å²) in [4.78, 5) is 39.8. The molecule has 3 aromatic carbocycles. The van der Waals surface area contributed by atoms with E-state index in [4.69, 9.17) is 14.2 Å². The van der Waals surface area contributed by atoms with Crippen molar-refractivity contribution in [3.05, 3.63) is 108 Å². The van der Waals surface area contributed by atoms with E-state index in [1.54, 1.807) is 6.92 Å². The van der Waals surface area contributed by atoms with Gasteiger partial charge in [-0.05, 0) is 80.9 Å². The van der Waals surface area contributed by atoms with Crippen LogP contribution in [0.3, 0.4) is 0 Å². The van der Waals surface area contributed by atoms with E-state index >= 15 is 0 Å². The zero-order chi connectivity index (χ0) is 43.3. The van der Waals surface area contributed by atoms with Crippen LogP contribution in [-0.4, -0.2) is 65.3 Å². The first-order valence-electron chi connectivity index (χ1n) is 23.6. The van der Waals surface area contributed by atoms with Crippen LogP contribution in [0.15, 0.2) is 91.0 Å². The van der Waals surface area contributed by atoms with Crippen molar-refractivity contribution in [2.75, 3.05) is 6.61 Å². The Bertz CT molecular complexity index is 1610. The number of rotatable bonds is 31. The van der Waals surface area contributed by atoms with Crippen LogP contribution in [0, 0.1) is 5.92 Å². The van der Waals surface area contributed by atoms with Crippen molar-refractivity contribution in [2.24, 2.45) is 5.92 Å². The van der Waals surface area contributed by atoms with Crippen LogP contribution in [0.2, 0.25) is 0 Å². The number of carbonyl (C=O) groups excluding carboxylic acids is 3. The summed E-state index contributed by atoms with van der Waals surface area (Å²) in [6, 6.07) is 30.4. The first kappa shape index (κ1) is 49.6. The monoisotopic (exact) mass is 842 g/mol.